The number of likely N-dealkylation sites (tertiary alicyclic amines) is 1. The predicted octanol–water partition coefficient (Wildman–Crippen LogP) is 2.14. The maximum absolute atomic E-state index is 11.4. The van der Waals surface area contributed by atoms with E-state index in [-0.39, 0.29) is 0 Å². The number of piperidine rings is 1. The van der Waals surface area contributed by atoms with Crippen LogP contribution in [-0.4, -0.2) is 41.1 Å². The van der Waals surface area contributed by atoms with Crippen molar-refractivity contribution in [3.63, 3.8) is 0 Å². The molecule has 0 bridgehead atoms. The Morgan fingerprint density at radius 2 is 2.05 bits per heavy atom. The molecular weight excluding hydrogens is 300 g/mol. The van der Waals surface area contributed by atoms with Crippen molar-refractivity contribution in [3.8, 4) is 0 Å². The van der Waals surface area contributed by atoms with Gasteiger partial charge >= 0.3 is 0 Å². The minimum Gasteiger partial charge on any atom is -0.385 e. The summed E-state index contributed by atoms with van der Waals surface area (Å²) < 4.78 is 0. The summed E-state index contributed by atoms with van der Waals surface area (Å²) >= 11 is 6.17. The third-order valence-corrected chi connectivity index (χ3v) is 4.76. The van der Waals surface area contributed by atoms with Gasteiger partial charge in [-0.15, -0.1) is 0 Å². The Morgan fingerprint density at radius 3 is 2.59 bits per heavy atom. The van der Waals surface area contributed by atoms with Crippen molar-refractivity contribution in [1.82, 2.24) is 4.90 Å². The number of hydrogen-bond acceptors (Lipinski definition) is 3. The first-order valence-electron chi connectivity index (χ1n) is 7.61. The van der Waals surface area contributed by atoms with Crippen LogP contribution >= 0.6 is 11.6 Å². The average molecular weight is 323 g/mol. The Bertz CT molecular complexity index is 564. The molecule has 1 aromatic rings. The molecule has 0 radical (unpaired) electrons. The summed E-state index contributed by atoms with van der Waals surface area (Å²) in [7, 11) is 0. The predicted molar refractivity (Wildman–Crippen MR) is 88.7 cm³/mol. The molecule has 120 valence electrons. The van der Waals surface area contributed by atoms with E-state index in [2.05, 4.69) is 4.90 Å². The van der Waals surface area contributed by atoms with Gasteiger partial charge in [0.2, 0.25) is 5.91 Å². The SMILES string of the molecule is CC=C(C(N)=O)C1(O)CCN(CCc2ccccc2Cl)CC1. The van der Waals surface area contributed by atoms with Crippen LogP contribution in [0.2, 0.25) is 5.02 Å². The van der Waals surface area contributed by atoms with Crippen LogP contribution in [0.5, 0.6) is 0 Å². The minimum atomic E-state index is -1.08. The van der Waals surface area contributed by atoms with Crippen LogP contribution in [0.15, 0.2) is 35.9 Å². The van der Waals surface area contributed by atoms with E-state index in [0.717, 1.165) is 36.6 Å². The summed E-state index contributed by atoms with van der Waals surface area (Å²) in [5, 5.41) is 11.4. The van der Waals surface area contributed by atoms with E-state index in [9.17, 15) is 9.90 Å². The van der Waals surface area contributed by atoms with E-state index in [0.29, 0.717) is 18.4 Å². The monoisotopic (exact) mass is 322 g/mol. The molecule has 3 N–H and O–H groups in total. The van der Waals surface area contributed by atoms with Gasteiger partial charge in [0, 0.05) is 30.2 Å². The van der Waals surface area contributed by atoms with Gasteiger partial charge in [-0.2, -0.15) is 0 Å². The zero-order chi connectivity index (χ0) is 16.2. The Hall–Kier alpha value is -1.36. The molecule has 0 aromatic heterocycles. The fourth-order valence-corrected chi connectivity index (χ4v) is 3.27. The second-order valence-electron chi connectivity index (χ2n) is 5.78. The molecule has 1 aliphatic heterocycles. The Morgan fingerprint density at radius 1 is 1.41 bits per heavy atom. The van der Waals surface area contributed by atoms with Gasteiger partial charge in [-0.3, -0.25) is 4.79 Å². The van der Waals surface area contributed by atoms with Gasteiger partial charge in [0.1, 0.15) is 0 Å². The van der Waals surface area contributed by atoms with Gasteiger partial charge in [-0.25, -0.2) is 0 Å². The van der Waals surface area contributed by atoms with Crippen LogP contribution in [0.4, 0.5) is 0 Å². The van der Waals surface area contributed by atoms with Crippen molar-refractivity contribution < 1.29 is 9.90 Å². The van der Waals surface area contributed by atoms with Crippen molar-refractivity contribution in [3.05, 3.63) is 46.5 Å². The molecule has 1 amide bonds. The van der Waals surface area contributed by atoms with E-state index >= 15 is 0 Å². The fraction of sp³-hybridized carbons (Fsp3) is 0.471. The molecule has 22 heavy (non-hydrogen) atoms. The highest BCUT2D eigenvalue weighted by atomic mass is 35.5. The third kappa shape index (κ3) is 3.88. The summed E-state index contributed by atoms with van der Waals surface area (Å²) in [6, 6.07) is 7.85. The van der Waals surface area contributed by atoms with Gasteiger partial charge < -0.3 is 15.7 Å². The second kappa shape index (κ2) is 7.27. The van der Waals surface area contributed by atoms with Crippen LogP contribution < -0.4 is 5.73 Å². The normalized spacial score (nSPS) is 19.1. The number of amides is 1. The molecule has 0 unspecified atom stereocenters. The van der Waals surface area contributed by atoms with Crippen LogP contribution in [0.25, 0.3) is 0 Å². The number of hydrogen-bond donors (Lipinski definition) is 2. The summed E-state index contributed by atoms with van der Waals surface area (Å²) in [4.78, 5) is 13.7. The highest BCUT2D eigenvalue weighted by Crippen LogP contribution is 2.29. The van der Waals surface area contributed by atoms with E-state index in [1.54, 1.807) is 13.0 Å². The highest BCUT2D eigenvalue weighted by molar-refractivity contribution is 6.31. The number of benzene rings is 1. The molecule has 0 spiro atoms. The number of primary amides is 1. The topological polar surface area (TPSA) is 66.6 Å². The molecule has 1 heterocycles. The smallest absolute Gasteiger partial charge is 0.247 e. The van der Waals surface area contributed by atoms with Crippen molar-refractivity contribution in [1.29, 1.82) is 0 Å². The zero-order valence-corrected chi connectivity index (χ0v) is 13.6. The Balaban J connectivity index is 1.90. The Labute approximate surface area is 136 Å². The number of aliphatic hydroxyl groups is 1. The molecule has 0 atom stereocenters. The first kappa shape index (κ1) is 17.0. The van der Waals surface area contributed by atoms with Gasteiger partial charge in [0.25, 0.3) is 0 Å². The number of nitrogens with zero attached hydrogens (tertiary/aromatic N) is 1. The maximum Gasteiger partial charge on any atom is 0.247 e. The van der Waals surface area contributed by atoms with Gasteiger partial charge in [0.05, 0.1) is 5.60 Å². The molecule has 1 saturated heterocycles. The van der Waals surface area contributed by atoms with Gasteiger partial charge in [-0.1, -0.05) is 35.9 Å². The maximum atomic E-state index is 11.4. The molecular formula is C17H23ClN2O2. The quantitative estimate of drug-likeness (QED) is 0.816. The lowest BCUT2D eigenvalue weighted by molar-refractivity contribution is -0.117. The lowest BCUT2D eigenvalue weighted by Crippen LogP contribution is -2.48. The molecule has 0 aliphatic carbocycles. The summed E-state index contributed by atoms with van der Waals surface area (Å²) in [5.74, 6) is -0.533. The summed E-state index contributed by atoms with van der Waals surface area (Å²) in [6.45, 7) is 4.11. The minimum absolute atomic E-state index is 0.332. The van der Waals surface area contributed by atoms with Crippen LogP contribution in [0, 0.1) is 0 Å². The highest BCUT2D eigenvalue weighted by Gasteiger charge is 2.37. The average Bonchev–Trinajstić information content (AvgIpc) is 2.48. The second-order valence-corrected chi connectivity index (χ2v) is 6.19. The number of halogens is 1. The number of carbonyl (C=O) groups is 1. The molecule has 1 aliphatic rings. The van der Waals surface area contributed by atoms with Crippen molar-refractivity contribution in [2.75, 3.05) is 19.6 Å². The van der Waals surface area contributed by atoms with Crippen molar-refractivity contribution in [2.45, 2.75) is 31.8 Å². The first-order chi connectivity index (χ1) is 10.5. The largest absolute Gasteiger partial charge is 0.385 e. The molecule has 1 aromatic carbocycles. The Kier molecular flexibility index (Phi) is 5.62. The summed E-state index contributed by atoms with van der Waals surface area (Å²) in [5.41, 5.74) is 5.74. The van der Waals surface area contributed by atoms with E-state index in [1.165, 1.54) is 0 Å². The van der Waals surface area contributed by atoms with E-state index in [4.69, 9.17) is 17.3 Å². The van der Waals surface area contributed by atoms with Gasteiger partial charge in [0.15, 0.2) is 0 Å². The van der Waals surface area contributed by atoms with Crippen LogP contribution in [0.3, 0.4) is 0 Å². The number of allylic oxidation sites excluding steroid dienone is 1. The molecule has 2 rings (SSSR count). The number of carbonyl (C=O) groups excluding carboxylic acids is 1. The van der Waals surface area contributed by atoms with E-state index < -0.39 is 11.5 Å². The van der Waals surface area contributed by atoms with E-state index in [1.807, 2.05) is 24.3 Å². The van der Waals surface area contributed by atoms with Crippen molar-refractivity contribution in [2.24, 2.45) is 5.73 Å². The molecule has 4 nitrogen and oxygen atoms in total. The lowest BCUT2D eigenvalue weighted by Gasteiger charge is -2.38. The summed E-state index contributed by atoms with van der Waals surface area (Å²) in [6.07, 6.45) is 3.56. The third-order valence-electron chi connectivity index (χ3n) is 4.39. The van der Waals surface area contributed by atoms with Crippen LogP contribution in [0.1, 0.15) is 25.3 Å². The van der Waals surface area contributed by atoms with Crippen LogP contribution in [-0.2, 0) is 11.2 Å². The van der Waals surface area contributed by atoms with Gasteiger partial charge in [-0.05, 0) is 37.8 Å². The van der Waals surface area contributed by atoms with Crippen molar-refractivity contribution >= 4 is 17.5 Å². The molecule has 1 fully saturated rings. The zero-order valence-electron chi connectivity index (χ0n) is 12.9. The number of rotatable bonds is 5. The molecule has 0 saturated carbocycles. The number of nitrogens with two attached hydrogens (primary N) is 1. The fourth-order valence-electron chi connectivity index (χ4n) is 3.04. The lowest BCUT2D eigenvalue weighted by atomic mass is 9.83. The molecule has 5 heteroatoms. The standard InChI is InChI=1S/C17H23ClN2O2/c1-2-14(16(19)21)17(22)8-11-20(12-9-17)10-7-13-5-3-4-6-15(13)18/h2-6,22H,7-12H2,1H3,(H2,19,21). The first-order valence-corrected chi connectivity index (χ1v) is 7.99.